The molecule has 6 heteroatoms. The van der Waals surface area contributed by atoms with Crippen molar-refractivity contribution in [3.05, 3.63) is 48.2 Å². The molecular weight excluding hydrogens is 318 g/mol. The Labute approximate surface area is 147 Å². The van der Waals surface area contributed by atoms with Crippen molar-refractivity contribution in [1.82, 2.24) is 10.3 Å². The van der Waals surface area contributed by atoms with Crippen LogP contribution in [-0.2, 0) is 16.0 Å². The number of aromatic nitrogens is 1. The minimum absolute atomic E-state index is 0.205. The molecule has 0 aliphatic rings. The van der Waals surface area contributed by atoms with Gasteiger partial charge in [0.25, 0.3) is 0 Å². The van der Waals surface area contributed by atoms with E-state index in [2.05, 4.69) is 24.1 Å². The number of carbonyl (C=O) groups is 2. The summed E-state index contributed by atoms with van der Waals surface area (Å²) in [6.07, 6.45) is 5.68. The number of rotatable bonds is 8. The van der Waals surface area contributed by atoms with Crippen molar-refractivity contribution < 1.29 is 14.7 Å². The van der Waals surface area contributed by atoms with E-state index in [1.165, 1.54) is 6.08 Å². The zero-order chi connectivity index (χ0) is 18.4. The van der Waals surface area contributed by atoms with Crippen molar-refractivity contribution >= 4 is 22.8 Å². The van der Waals surface area contributed by atoms with Crippen LogP contribution in [0.4, 0.5) is 0 Å². The van der Waals surface area contributed by atoms with E-state index < -0.39 is 17.9 Å². The Bertz CT molecular complexity index is 764. The van der Waals surface area contributed by atoms with Crippen molar-refractivity contribution in [3.8, 4) is 0 Å². The molecule has 1 aromatic heterocycles. The molecule has 2 unspecified atom stereocenters. The Hall–Kier alpha value is -2.60. The lowest BCUT2D eigenvalue weighted by Crippen LogP contribution is -2.41. The zero-order valence-electron chi connectivity index (χ0n) is 14.5. The monoisotopic (exact) mass is 343 g/mol. The highest BCUT2D eigenvalue weighted by Crippen LogP contribution is 2.19. The van der Waals surface area contributed by atoms with Crippen LogP contribution in [0.5, 0.6) is 0 Å². The lowest BCUT2D eigenvalue weighted by atomic mass is 10.0. The molecule has 134 valence electrons. The van der Waals surface area contributed by atoms with Gasteiger partial charge in [-0.15, -0.1) is 0 Å². The van der Waals surface area contributed by atoms with Gasteiger partial charge in [-0.25, -0.2) is 4.79 Å². The van der Waals surface area contributed by atoms with E-state index >= 15 is 0 Å². The number of carboxylic acid groups (broad SMARTS) is 1. The Morgan fingerprint density at radius 2 is 2.04 bits per heavy atom. The summed E-state index contributed by atoms with van der Waals surface area (Å²) in [6, 6.07) is 6.43. The number of amides is 1. The number of hydrogen-bond donors (Lipinski definition) is 4. The minimum atomic E-state index is -1.07. The summed E-state index contributed by atoms with van der Waals surface area (Å²) in [4.78, 5) is 26.6. The summed E-state index contributed by atoms with van der Waals surface area (Å²) in [5.41, 5.74) is 7.69. The molecular formula is C19H25N3O3. The summed E-state index contributed by atoms with van der Waals surface area (Å²) < 4.78 is 0. The normalized spacial score (nSPS) is 14.1. The van der Waals surface area contributed by atoms with E-state index in [0.717, 1.165) is 22.9 Å². The van der Waals surface area contributed by atoms with Gasteiger partial charge in [0, 0.05) is 35.6 Å². The first kappa shape index (κ1) is 18.7. The first-order chi connectivity index (χ1) is 11.9. The minimum Gasteiger partial charge on any atom is -0.480 e. The summed E-state index contributed by atoms with van der Waals surface area (Å²) in [5.74, 6) is -1.10. The van der Waals surface area contributed by atoms with Gasteiger partial charge in [0.05, 0.1) is 0 Å². The number of nitrogens with two attached hydrogens (primary N) is 1. The first-order valence-corrected chi connectivity index (χ1v) is 8.39. The Morgan fingerprint density at radius 3 is 2.72 bits per heavy atom. The SMILES string of the molecule is CC(C)CC(N)C=CC(=O)NC(Cc1c[nH]c2ccccc12)C(=O)O. The van der Waals surface area contributed by atoms with Crippen molar-refractivity contribution in [2.45, 2.75) is 38.8 Å². The van der Waals surface area contributed by atoms with Gasteiger partial charge < -0.3 is 21.1 Å². The van der Waals surface area contributed by atoms with E-state index in [0.29, 0.717) is 5.92 Å². The van der Waals surface area contributed by atoms with Crippen LogP contribution in [0, 0.1) is 5.92 Å². The van der Waals surface area contributed by atoms with Gasteiger partial charge >= 0.3 is 5.97 Å². The molecule has 0 spiro atoms. The third kappa shape index (κ3) is 5.46. The zero-order valence-corrected chi connectivity index (χ0v) is 14.5. The summed E-state index contributed by atoms with van der Waals surface area (Å²) in [7, 11) is 0. The smallest absolute Gasteiger partial charge is 0.326 e. The van der Waals surface area contributed by atoms with E-state index in [1.54, 1.807) is 12.3 Å². The van der Waals surface area contributed by atoms with Gasteiger partial charge in [-0.3, -0.25) is 4.79 Å². The van der Waals surface area contributed by atoms with Crippen molar-refractivity contribution in [2.24, 2.45) is 11.7 Å². The third-order valence-corrected chi connectivity index (χ3v) is 3.95. The van der Waals surface area contributed by atoms with Gasteiger partial charge in [0.2, 0.25) is 5.91 Å². The first-order valence-electron chi connectivity index (χ1n) is 8.39. The standard InChI is InChI=1S/C19H25N3O3/c1-12(2)9-14(20)7-8-18(23)22-17(19(24)25)10-13-11-21-16-6-4-3-5-15(13)16/h3-8,11-12,14,17,21H,9-10,20H2,1-2H3,(H,22,23)(H,24,25). The van der Waals surface area contributed by atoms with Gasteiger partial charge in [-0.2, -0.15) is 0 Å². The molecule has 0 radical (unpaired) electrons. The Morgan fingerprint density at radius 1 is 1.32 bits per heavy atom. The second kappa shape index (κ2) is 8.48. The van der Waals surface area contributed by atoms with Crippen molar-refractivity contribution in [3.63, 3.8) is 0 Å². The number of para-hydroxylation sites is 1. The largest absolute Gasteiger partial charge is 0.480 e. The van der Waals surface area contributed by atoms with E-state index in [9.17, 15) is 14.7 Å². The number of nitrogens with one attached hydrogen (secondary N) is 2. The molecule has 1 heterocycles. The topological polar surface area (TPSA) is 108 Å². The number of carboxylic acids is 1. The fourth-order valence-electron chi connectivity index (χ4n) is 2.77. The molecule has 5 N–H and O–H groups in total. The average Bonchev–Trinajstić information content (AvgIpc) is 2.95. The van der Waals surface area contributed by atoms with Crippen LogP contribution in [0.2, 0.25) is 0 Å². The van der Waals surface area contributed by atoms with Crippen LogP contribution in [0.3, 0.4) is 0 Å². The van der Waals surface area contributed by atoms with Crippen molar-refractivity contribution in [1.29, 1.82) is 0 Å². The maximum absolute atomic E-state index is 12.0. The number of aliphatic carboxylic acids is 1. The van der Waals surface area contributed by atoms with Crippen LogP contribution in [0.25, 0.3) is 10.9 Å². The van der Waals surface area contributed by atoms with Gasteiger partial charge in [0.1, 0.15) is 6.04 Å². The second-order valence-electron chi connectivity index (χ2n) is 6.62. The number of aromatic amines is 1. The Kier molecular flexibility index (Phi) is 6.36. The quantitative estimate of drug-likeness (QED) is 0.551. The highest BCUT2D eigenvalue weighted by Gasteiger charge is 2.21. The van der Waals surface area contributed by atoms with Gasteiger partial charge in [0.15, 0.2) is 0 Å². The van der Waals surface area contributed by atoms with Crippen LogP contribution >= 0.6 is 0 Å². The Balaban J connectivity index is 2.02. The highest BCUT2D eigenvalue weighted by molar-refractivity contribution is 5.91. The number of benzene rings is 1. The van der Waals surface area contributed by atoms with Crippen LogP contribution in [-0.4, -0.2) is 34.1 Å². The maximum atomic E-state index is 12.0. The number of hydrogen-bond acceptors (Lipinski definition) is 3. The molecule has 25 heavy (non-hydrogen) atoms. The molecule has 0 saturated carbocycles. The van der Waals surface area contributed by atoms with E-state index in [4.69, 9.17) is 5.73 Å². The predicted molar refractivity (Wildman–Crippen MR) is 98.1 cm³/mol. The molecule has 0 bridgehead atoms. The molecule has 1 aromatic carbocycles. The average molecular weight is 343 g/mol. The van der Waals surface area contributed by atoms with Crippen LogP contribution < -0.4 is 11.1 Å². The summed E-state index contributed by atoms with van der Waals surface area (Å²) >= 11 is 0. The summed E-state index contributed by atoms with van der Waals surface area (Å²) in [6.45, 7) is 4.10. The fraction of sp³-hybridized carbons (Fsp3) is 0.368. The molecule has 6 nitrogen and oxygen atoms in total. The number of H-pyrrole nitrogens is 1. The maximum Gasteiger partial charge on any atom is 0.326 e. The molecule has 0 aliphatic heterocycles. The molecule has 2 rings (SSSR count). The third-order valence-electron chi connectivity index (χ3n) is 3.95. The lowest BCUT2D eigenvalue weighted by molar-refractivity contribution is -0.141. The van der Waals surface area contributed by atoms with E-state index in [-0.39, 0.29) is 12.5 Å². The summed E-state index contributed by atoms with van der Waals surface area (Å²) in [5, 5.41) is 12.9. The van der Waals surface area contributed by atoms with E-state index in [1.807, 2.05) is 24.3 Å². The van der Waals surface area contributed by atoms with Gasteiger partial charge in [-0.05, 0) is 24.0 Å². The molecule has 2 aromatic rings. The lowest BCUT2D eigenvalue weighted by Gasteiger charge is -2.13. The number of carbonyl (C=O) groups excluding carboxylic acids is 1. The molecule has 1 amide bonds. The molecule has 0 saturated heterocycles. The van der Waals surface area contributed by atoms with Crippen LogP contribution in [0.15, 0.2) is 42.6 Å². The highest BCUT2D eigenvalue weighted by atomic mass is 16.4. The number of fused-ring (bicyclic) bond motifs is 1. The van der Waals surface area contributed by atoms with Crippen molar-refractivity contribution in [2.75, 3.05) is 0 Å². The predicted octanol–water partition coefficient (Wildman–Crippen LogP) is 2.21. The molecule has 0 fully saturated rings. The fourth-order valence-corrected chi connectivity index (χ4v) is 2.77. The second-order valence-corrected chi connectivity index (χ2v) is 6.62. The van der Waals surface area contributed by atoms with Gasteiger partial charge in [-0.1, -0.05) is 38.1 Å². The molecule has 0 aliphatic carbocycles. The molecule has 2 atom stereocenters. The van der Waals surface area contributed by atoms with Crippen LogP contribution in [0.1, 0.15) is 25.8 Å².